The van der Waals surface area contributed by atoms with E-state index in [9.17, 15) is 18.8 Å². The predicted octanol–water partition coefficient (Wildman–Crippen LogP) is 2.44. The highest BCUT2D eigenvalue weighted by molar-refractivity contribution is 5.97. The molecule has 0 saturated carbocycles. The second-order valence-corrected chi connectivity index (χ2v) is 8.31. The molecule has 2 heterocycles. The Kier molecular flexibility index (Phi) is 6.87. The van der Waals surface area contributed by atoms with Gasteiger partial charge in [-0.25, -0.2) is 4.39 Å². The average Bonchev–Trinajstić information content (AvgIpc) is 3.26. The zero-order chi connectivity index (χ0) is 21.0. The van der Waals surface area contributed by atoms with Gasteiger partial charge in [0.25, 0.3) is 5.91 Å². The Morgan fingerprint density at radius 2 is 1.48 bits per heavy atom. The number of piperidine rings is 1. The van der Waals surface area contributed by atoms with E-state index in [4.69, 9.17) is 0 Å². The molecule has 1 N–H and O–H groups in total. The van der Waals surface area contributed by atoms with E-state index >= 15 is 0 Å². The Bertz CT molecular complexity index is 736. The SMILES string of the molecule is CC(C)C(=O)N1CCC([C@@H](NC(=O)c2ccc(F)cc2)C(=O)N2CCCC2)CC1. The Hall–Kier alpha value is -2.44. The maximum absolute atomic E-state index is 13.2. The molecular formula is C22H30FN3O3. The Balaban J connectivity index is 1.71. The molecule has 0 bridgehead atoms. The summed E-state index contributed by atoms with van der Waals surface area (Å²) in [7, 11) is 0. The molecule has 158 valence electrons. The highest BCUT2D eigenvalue weighted by Crippen LogP contribution is 2.25. The van der Waals surface area contributed by atoms with Gasteiger partial charge in [-0.1, -0.05) is 13.8 Å². The summed E-state index contributed by atoms with van der Waals surface area (Å²) in [5.74, 6) is -0.778. The van der Waals surface area contributed by atoms with Gasteiger partial charge in [0.1, 0.15) is 11.9 Å². The lowest BCUT2D eigenvalue weighted by Crippen LogP contribution is -2.54. The number of carbonyl (C=O) groups excluding carboxylic acids is 3. The van der Waals surface area contributed by atoms with Gasteiger partial charge in [-0.2, -0.15) is 0 Å². The standard InChI is InChI=1S/C22H30FN3O3/c1-15(2)21(28)26-13-9-16(10-14-26)19(22(29)25-11-3-4-12-25)24-20(27)17-5-7-18(23)8-6-17/h5-8,15-16,19H,3-4,9-14H2,1-2H3,(H,24,27)/t19-/m1/s1. The first-order valence-corrected chi connectivity index (χ1v) is 10.5. The van der Waals surface area contributed by atoms with Crippen molar-refractivity contribution in [1.82, 2.24) is 15.1 Å². The molecule has 0 aromatic heterocycles. The van der Waals surface area contributed by atoms with Crippen molar-refractivity contribution in [1.29, 1.82) is 0 Å². The van der Waals surface area contributed by atoms with Gasteiger partial charge in [-0.05, 0) is 55.9 Å². The first kappa shape index (κ1) is 21.3. The van der Waals surface area contributed by atoms with Gasteiger partial charge in [-0.3, -0.25) is 14.4 Å². The van der Waals surface area contributed by atoms with Crippen LogP contribution in [0.1, 0.15) is 49.9 Å². The van der Waals surface area contributed by atoms with E-state index in [0.29, 0.717) is 44.6 Å². The van der Waals surface area contributed by atoms with E-state index in [-0.39, 0.29) is 29.6 Å². The van der Waals surface area contributed by atoms with Crippen molar-refractivity contribution in [3.05, 3.63) is 35.6 Å². The molecule has 2 saturated heterocycles. The topological polar surface area (TPSA) is 69.7 Å². The lowest BCUT2D eigenvalue weighted by molar-refractivity contribution is -0.137. The van der Waals surface area contributed by atoms with E-state index in [0.717, 1.165) is 12.8 Å². The summed E-state index contributed by atoms with van der Waals surface area (Å²) >= 11 is 0. The Morgan fingerprint density at radius 1 is 0.931 bits per heavy atom. The van der Waals surface area contributed by atoms with E-state index < -0.39 is 11.9 Å². The van der Waals surface area contributed by atoms with Crippen molar-refractivity contribution in [2.24, 2.45) is 11.8 Å². The first-order chi connectivity index (χ1) is 13.9. The largest absolute Gasteiger partial charge is 0.342 e. The fourth-order valence-electron chi connectivity index (χ4n) is 4.16. The van der Waals surface area contributed by atoms with Crippen LogP contribution in [-0.2, 0) is 9.59 Å². The van der Waals surface area contributed by atoms with Crippen molar-refractivity contribution in [2.45, 2.75) is 45.6 Å². The number of carbonyl (C=O) groups is 3. The molecule has 2 fully saturated rings. The fourth-order valence-corrected chi connectivity index (χ4v) is 4.16. The summed E-state index contributed by atoms with van der Waals surface area (Å²) in [6.07, 6.45) is 3.30. The summed E-state index contributed by atoms with van der Waals surface area (Å²) < 4.78 is 13.2. The van der Waals surface area contributed by atoms with Crippen LogP contribution in [-0.4, -0.2) is 59.7 Å². The quantitative estimate of drug-likeness (QED) is 0.821. The average molecular weight is 403 g/mol. The van der Waals surface area contributed by atoms with Crippen LogP contribution in [0.4, 0.5) is 4.39 Å². The molecule has 3 rings (SSSR count). The molecule has 0 radical (unpaired) electrons. The van der Waals surface area contributed by atoms with E-state index in [1.807, 2.05) is 23.6 Å². The normalized spacial score (nSPS) is 18.8. The van der Waals surface area contributed by atoms with E-state index in [1.165, 1.54) is 24.3 Å². The third-order valence-electron chi connectivity index (χ3n) is 5.89. The number of likely N-dealkylation sites (tertiary alicyclic amines) is 2. The molecule has 1 aromatic carbocycles. The summed E-state index contributed by atoms with van der Waals surface area (Å²) in [5, 5.41) is 2.91. The van der Waals surface area contributed by atoms with Crippen molar-refractivity contribution in [3.8, 4) is 0 Å². The van der Waals surface area contributed by atoms with Crippen LogP contribution in [0, 0.1) is 17.7 Å². The fraction of sp³-hybridized carbons (Fsp3) is 0.591. The molecule has 7 heteroatoms. The monoisotopic (exact) mass is 403 g/mol. The van der Waals surface area contributed by atoms with Gasteiger partial charge in [0.2, 0.25) is 11.8 Å². The molecule has 0 spiro atoms. The lowest BCUT2D eigenvalue weighted by Gasteiger charge is -2.37. The number of nitrogens with zero attached hydrogens (tertiary/aromatic N) is 2. The Morgan fingerprint density at radius 3 is 2.03 bits per heavy atom. The number of amides is 3. The molecule has 0 unspecified atom stereocenters. The van der Waals surface area contributed by atoms with Gasteiger partial charge >= 0.3 is 0 Å². The van der Waals surface area contributed by atoms with Crippen LogP contribution in [0.5, 0.6) is 0 Å². The number of halogens is 1. The molecule has 2 aliphatic rings. The number of benzene rings is 1. The molecule has 2 aliphatic heterocycles. The van der Waals surface area contributed by atoms with Crippen LogP contribution in [0.3, 0.4) is 0 Å². The predicted molar refractivity (Wildman–Crippen MR) is 108 cm³/mol. The van der Waals surface area contributed by atoms with Crippen molar-refractivity contribution in [3.63, 3.8) is 0 Å². The highest BCUT2D eigenvalue weighted by Gasteiger charge is 2.37. The van der Waals surface area contributed by atoms with Gasteiger partial charge < -0.3 is 15.1 Å². The van der Waals surface area contributed by atoms with Crippen LogP contribution in [0.2, 0.25) is 0 Å². The number of nitrogens with one attached hydrogen (secondary N) is 1. The van der Waals surface area contributed by atoms with Gasteiger partial charge in [0, 0.05) is 37.7 Å². The number of hydrogen-bond donors (Lipinski definition) is 1. The second-order valence-electron chi connectivity index (χ2n) is 8.31. The van der Waals surface area contributed by atoms with Gasteiger partial charge in [0.05, 0.1) is 0 Å². The lowest BCUT2D eigenvalue weighted by atomic mass is 9.87. The van der Waals surface area contributed by atoms with Crippen LogP contribution in [0.25, 0.3) is 0 Å². The third-order valence-corrected chi connectivity index (χ3v) is 5.89. The van der Waals surface area contributed by atoms with Crippen molar-refractivity contribution < 1.29 is 18.8 Å². The molecule has 3 amide bonds. The minimum atomic E-state index is -0.623. The zero-order valence-electron chi connectivity index (χ0n) is 17.2. The summed E-state index contributed by atoms with van der Waals surface area (Å²) in [6.45, 7) is 6.39. The number of hydrogen-bond acceptors (Lipinski definition) is 3. The van der Waals surface area contributed by atoms with Crippen LogP contribution < -0.4 is 5.32 Å². The summed E-state index contributed by atoms with van der Waals surface area (Å²) in [5.41, 5.74) is 0.332. The minimum absolute atomic E-state index is 0.0243. The second kappa shape index (κ2) is 9.37. The zero-order valence-corrected chi connectivity index (χ0v) is 17.2. The molecule has 6 nitrogen and oxygen atoms in total. The van der Waals surface area contributed by atoms with Crippen LogP contribution in [0.15, 0.2) is 24.3 Å². The first-order valence-electron chi connectivity index (χ1n) is 10.5. The number of rotatable bonds is 5. The molecular weight excluding hydrogens is 373 g/mol. The summed E-state index contributed by atoms with van der Waals surface area (Å²) in [6, 6.07) is 4.70. The van der Waals surface area contributed by atoms with Gasteiger partial charge in [0.15, 0.2) is 0 Å². The van der Waals surface area contributed by atoms with E-state index in [2.05, 4.69) is 5.32 Å². The van der Waals surface area contributed by atoms with Crippen LogP contribution >= 0.6 is 0 Å². The summed E-state index contributed by atoms with van der Waals surface area (Å²) in [4.78, 5) is 41.8. The van der Waals surface area contributed by atoms with Gasteiger partial charge in [-0.15, -0.1) is 0 Å². The smallest absolute Gasteiger partial charge is 0.251 e. The molecule has 1 atom stereocenters. The third kappa shape index (κ3) is 5.14. The van der Waals surface area contributed by atoms with Crippen molar-refractivity contribution >= 4 is 17.7 Å². The maximum atomic E-state index is 13.2. The Labute approximate surface area is 171 Å². The molecule has 29 heavy (non-hydrogen) atoms. The molecule has 0 aliphatic carbocycles. The highest BCUT2D eigenvalue weighted by atomic mass is 19.1. The van der Waals surface area contributed by atoms with Crippen molar-refractivity contribution in [2.75, 3.05) is 26.2 Å². The van der Waals surface area contributed by atoms with E-state index in [1.54, 1.807) is 0 Å². The molecule has 1 aromatic rings. The maximum Gasteiger partial charge on any atom is 0.251 e. The minimum Gasteiger partial charge on any atom is -0.342 e.